The monoisotopic (exact) mass is 369 g/mol. The molecule has 1 amide bonds. The summed E-state index contributed by atoms with van der Waals surface area (Å²) in [5.74, 6) is 1.05. The predicted octanol–water partition coefficient (Wildman–Crippen LogP) is 4.00. The lowest BCUT2D eigenvalue weighted by atomic mass is 10.3. The van der Waals surface area contributed by atoms with Crippen molar-refractivity contribution in [2.24, 2.45) is 7.05 Å². The van der Waals surface area contributed by atoms with E-state index in [1.54, 1.807) is 31.2 Å². The molecule has 0 aliphatic carbocycles. The molecular formula is C16H14F3N3O2S. The van der Waals surface area contributed by atoms with Gasteiger partial charge in [0, 0.05) is 7.05 Å². The number of furan rings is 1. The Morgan fingerprint density at radius 3 is 2.68 bits per heavy atom. The molecule has 3 heterocycles. The Morgan fingerprint density at radius 1 is 1.32 bits per heavy atom. The van der Waals surface area contributed by atoms with E-state index in [0.717, 1.165) is 27.8 Å². The lowest BCUT2D eigenvalue weighted by Gasteiger charge is -2.04. The highest BCUT2D eigenvalue weighted by atomic mass is 32.1. The van der Waals surface area contributed by atoms with Crippen molar-refractivity contribution >= 4 is 17.2 Å². The normalized spacial score (nSPS) is 11.7. The van der Waals surface area contributed by atoms with Crippen LogP contribution in [0.1, 0.15) is 26.9 Å². The molecule has 0 aliphatic rings. The summed E-state index contributed by atoms with van der Waals surface area (Å²) in [6.07, 6.45) is -4.47. The van der Waals surface area contributed by atoms with Crippen molar-refractivity contribution in [1.29, 1.82) is 0 Å². The standard InChI is InChI=1S/C16H14F3N3O2S/c1-9-3-4-10(24-9)8-20-15(23)13-6-5-12(25-13)11-7-14(16(17,18)19)22(2)21-11/h3-7H,8H2,1-2H3,(H,20,23). The molecule has 0 spiro atoms. The zero-order valence-corrected chi connectivity index (χ0v) is 14.2. The van der Waals surface area contributed by atoms with Crippen LogP contribution in [0.25, 0.3) is 10.6 Å². The minimum Gasteiger partial charge on any atom is -0.465 e. The van der Waals surface area contributed by atoms with E-state index in [4.69, 9.17) is 4.42 Å². The van der Waals surface area contributed by atoms with Crippen molar-refractivity contribution in [3.8, 4) is 10.6 Å². The third-order valence-electron chi connectivity index (χ3n) is 3.47. The number of hydrogen-bond acceptors (Lipinski definition) is 4. The van der Waals surface area contributed by atoms with Gasteiger partial charge in [-0.3, -0.25) is 9.48 Å². The van der Waals surface area contributed by atoms with E-state index in [-0.39, 0.29) is 18.1 Å². The van der Waals surface area contributed by atoms with Crippen LogP contribution in [-0.4, -0.2) is 15.7 Å². The maximum Gasteiger partial charge on any atom is 0.433 e. The number of halogens is 3. The number of carbonyl (C=O) groups excluding carboxylic acids is 1. The van der Waals surface area contributed by atoms with Gasteiger partial charge in [0.2, 0.25) is 0 Å². The highest BCUT2D eigenvalue weighted by Crippen LogP contribution is 2.34. The number of nitrogens with zero attached hydrogens (tertiary/aromatic N) is 2. The Balaban J connectivity index is 1.72. The van der Waals surface area contributed by atoms with Gasteiger partial charge in [-0.1, -0.05) is 0 Å². The van der Waals surface area contributed by atoms with Crippen molar-refractivity contribution in [2.75, 3.05) is 0 Å². The van der Waals surface area contributed by atoms with Crippen LogP contribution in [0.15, 0.2) is 34.7 Å². The van der Waals surface area contributed by atoms with Gasteiger partial charge in [0.25, 0.3) is 5.91 Å². The van der Waals surface area contributed by atoms with Crippen LogP contribution in [0.3, 0.4) is 0 Å². The van der Waals surface area contributed by atoms with Gasteiger partial charge >= 0.3 is 6.18 Å². The average molecular weight is 369 g/mol. The molecule has 0 saturated heterocycles. The quantitative estimate of drug-likeness (QED) is 0.756. The van der Waals surface area contributed by atoms with Gasteiger partial charge in [-0.05, 0) is 37.3 Å². The summed E-state index contributed by atoms with van der Waals surface area (Å²) < 4.78 is 44.7. The maximum atomic E-state index is 12.8. The highest BCUT2D eigenvalue weighted by Gasteiger charge is 2.35. The SMILES string of the molecule is Cc1ccc(CNC(=O)c2ccc(-c3cc(C(F)(F)F)n(C)n3)s2)o1. The topological polar surface area (TPSA) is 60.1 Å². The summed E-state index contributed by atoms with van der Waals surface area (Å²) in [4.78, 5) is 13.0. The van der Waals surface area contributed by atoms with Gasteiger partial charge in [0.1, 0.15) is 22.9 Å². The Labute approximate surface area is 145 Å². The summed E-state index contributed by atoms with van der Waals surface area (Å²) in [5.41, 5.74) is -0.657. The van der Waals surface area contributed by atoms with Gasteiger partial charge in [-0.2, -0.15) is 18.3 Å². The molecule has 25 heavy (non-hydrogen) atoms. The second kappa shape index (κ2) is 6.40. The molecule has 0 radical (unpaired) electrons. The number of thiophene rings is 1. The van der Waals surface area contributed by atoms with E-state index in [0.29, 0.717) is 15.5 Å². The first kappa shape index (κ1) is 17.3. The number of nitrogens with one attached hydrogen (secondary N) is 1. The van der Waals surface area contributed by atoms with Gasteiger partial charge in [-0.15, -0.1) is 11.3 Å². The van der Waals surface area contributed by atoms with E-state index in [9.17, 15) is 18.0 Å². The Bertz CT molecular complexity index is 908. The average Bonchev–Trinajstić information content (AvgIpc) is 3.23. The molecule has 0 bridgehead atoms. The van der Waals surface area contributed by atoms with E-state index in [2.05, 4.69) is 10.4 Å². The molecule has 1 N–H and O–H groups in total. The van der Waals surface area contributed by atoms with E-state index >= 15 is 0 Å². The first-order valence-corrected chi connectivity index (χ1v) is 8.10. The molecule has 0 aromatic carbocycles. The second-order valence-corrected chi connectivity index (χ2v) is 6.48. The summed E-state index contributed by atoms with van der Waals surface area (Å²) in [6.45, 7) is 2.04. The number of alkyl halides is 3. The molecule has 132 valence electrons. The summed E-state index contributed by atoms with van der Waals surface area (Å²) in [7, 11) is 1.24. The maximum absolute atomic E-state index is 12.8. The van der Waals surface area contributed by atoms with Crippen molar-refractivity contribution in [3.63, 3.8) is 0 Å². The van der Waals surface area contributed by atoms with Gasteiger partial charge in [0.05, 0.1) is 16.3 Å². The van der Waals surface area contributed by atoms with Crippen LogP contribution < -0.4 is 5.32 Å². The highest BCUT2D eigenvalue weighted by molar-refractivity contribution is 7.17. The summed E-state index contributed by atoms with van der Waals surface area (Å²) >= 11 is 1.08. The Hall–Kier alpha value is -2.55. The number of aromatic nitrogens is 2. The summed E-state index contributed by atoms with van der Waals surface area (Å²) in [5, 5.41) is 6.58. The number of rotatable bonds is 4. The number of hydrogen-bond donors (Lipinski definition) is 1. The molecule has 0 aliphatic heterocycles. The predicted molar refractivity (Wildman–Crippen MR) is 86.1 cm³/mol. The van der Waals surface area contributed by atoms with E-state index in [1.807, 2.05) is 0 Å². The van der Waals surface area contributed by atoms with E-state index in [1.165, 1.54) is 7.05 Å². The third-order valence-corrected chi connectivity index (χ3v) is 4.58. The number of amides is 1. The molecule has 0 unspecified atom stereocenters. The minimum atomic E-state index is -4.47. The molecule has 3 aromatic heterocycles. The molecule has 5 nitrogen and oxygen atoms in total. The van der Waals surface area contributed by atoms with Crippen LogP contribution in [0.5, 0.6) is 0 Å². The van der Waals surface area contributed by atoms with Crippen LogP contribution in [0.2, 0.25) is 0 Å². The van der Waals surface area contributed by atoms with Crippen LogP contribution >= 0.6 is 11.3 Å². The first-order valence-electron chi connectivity index (χ1n) is 7.29. The Morgan fingerprint density at radius 2 is 2.08 bits per heavy atom. The fourth-order valence-electron chi connectivity index (χ4n) is 2.29. The molecule has 3 rings (SSSR count). The van der Waals surface area contributed by atoms with Crippen LogP contribution in [-0.2, 0) is 19.8 Å². The van der Waals surface area contributed by atoms with Crippen molar-refractivity contribution in [1.82, 2.24) is 15.1 Å². The molecule has 0 atom stereocenters. The molecule has 0 saturated carbocycles. The smallest absolute Gasteiger partial charge is 0.433 e. The second-order valence-electron chi connectivity index (χ2n) is 5.40. The molecule has 0 fully saturated rings. The molecular weight excluding hydrogens is 355 g/mol. The zero-order valence-electron chi connectivity index (χ0n) is 13.3. The Kier molecular flexibility index (Phi) is 4.42. The number of aryl methyl sites for hydroxylation is 2. The van der Waals surface area contributed by atoms with Crippen molar-refractivity contribution in [2.45, 2.75) is 19.6 Å². The molecule has 3 aromatic rings. The van der Waals surface area contributed by atoms with Gasteiger partial charge < -0.3 is 9.73 Å². The van der Waals surface area contributed by atoms with Crippen LogP contribution in [0, 0.1) is 6.92 Å². The van der Waals surface area contributed by atoms with Crippen LogP contribution in [0.4, 0.5) is 13.2 Å². The zero-order chi connectivity index (χ0) is 18.2. The first-order chi connectivity index (χ1) is 11.7. The fourth-order valence-corrected chi connectivity index (χ4v) is 3.16. The minimum absolute atomic E-state index is 0.181. The van der Waals surface area contributed by atoms with Crippen molar-refractivity contribution < 1.29 is 22.4 Å². The van der Waals surface area contributed by atoms with Crippen molar-refractivity contribution in [3.05, 3.63) is 52.4 Å². The summed E-state index contributed by atoms with van der Waals surface area (Å²) in [6, 6.07) is 7.68. The van der Waals surface area contributed by atoms with Gasteiger partial charge in [-0.25, -0.2) is 0 Å². The van der Waals surface area contributed by atoms with E-state index < -0.39 is 11.9 Å². The van der Waals surface area contributed by atoms with Gasteiger partial charge in [0.15, 0.2) is 0 Å². The third kappa shape index (κ3) is 3.76. The lowest BCUT2D eigenvalue weighted by molar-refractivity contribution is -0.143. The molecule has 9 heteroatoms. The fraction of sp³-hybridized carbons (Fsp3) is 0.250. The lowest BCUT2D eigenvalue weighted by Crippen LogP contribution is -2.21. The largest absolute Gasteiger partial charge is 0.465 e. The number of carbonyl (C=O) groups is 1.